The average molecular weight is 241 g/mol. The van der Waals surface area contributed by atoms with Crippen molar-refractivity contribution in [3.8, 4) is 6.07 Å². The topological polar surface area (TPSA) is 61.8 Å². The Labute approximate surface area is 105 Å². The minimum Gasteiger partial charge on any atom is -0.399 e. The molecule has 0 saturated heterocycles. The molecule has 0 fully saturated rings. The SMILES string of the molecule is Cc1ccc(F)cc1Nc1ccc(N)cc1C#N. The minimum atomic E-state index is -0.322. The number of nitrogens with one attached hydrogen (secondary N) is 1. The van der Waals surface area contributed by atoms with E-state index < -0.39 is 0 Å². The lowest BCUT2D eigenvalue weighted by molar-refractivity contribution is 0.628. The second-order valence-corrected chi connectivity index (χ2v) is 4.00. The van der Waals surface area contributed by atoms with Gasteiger partial charge in [0, 0.05) is 11.4 Å². The van der Waals surface area contributed by atoms with Gasteiger partial charge >= 0.3 is 0 Å². The summed E-state index contributed by atoms with van der Waals surface area (Å²) in [5.41, 5.74) is 8.71. The second kappa shape index (κ2) is 4.76. The van der Waals surface area contributed by atoms with E-state index in [9.17, 15) is 4.39 Å². The summed E-state index contributed by atoms with van der Waals surface area (Å²) in [4.78, 5) is 0. The van der Waals surface area contributed by atoms with Crippen LogP contribution in [0, 0.1) is 24.1 Å². The Morgan fingerprint density at radius 2 is 1.94 bits per heavy atom. The summed E-state index contributed by atoms with van der Waals surface area (Å²) in [6, 6.07) is 11.5. The average Bonchev–Trinajstić information content (AvgIpc) is 2.36. The first-order chi connectivity index (χ1) is 8.60. The molecule has 0 aromatic heterocycles. The molecule has 18 heavy (non-hydrogen) atoms. The van der Waals surface area contributed by atoms with Gasteiger partial charge in [-0.05, 0) is 42.8 Å². The van der Waals surface area contributed by atoms with E-state index >= 15 is 0 Å². The van der Waals surface area contributed by atoms with Gasteiger partial charge in [0.2, 0.25) is 0 Å². The zero-order chi connectivity index (χ0) is 13.1. The Hall–Kier alpha value is -2.54. The number of nitriles is 1. The van der Waals surface area contributed by atoms with E-state index in [-0.39, 0.29) is 5.82 Å². The van der Waals surface area contributed by atoms with E-state index in [1.807, 2.05) is 6.92 Å². The number of anilines is 3. The van der Waals surface area contributed by atoms with Crippen LogP contribution < -0.4 is 11.1 Å². The van der Waals surface area contributed by atoms with Crippen molar-refractivity contribution in [1.29, 1.82) is 5.26 Å². The van der Waals surface area contributed by atoms with Crippen LogP contribution in [0.3, 0.4) is 0 Å². The standard InChI is InChI=1S/C14H12FN3/c1-9-2-3-11(15)7-14(9)18-13-5-4-12(17)6-10(13)8-16/h2-7,18H,17H2,1H3. The Morgan fingerprint density at radius 1 is 1.17 bits per heavy atom. The lowest BCUT2D eigenvalue weighted by atomic mass is 10.1. The fourth-order valence-corrected chi connectivity index (χ4v) is 1.64. The van der Waals surface area contributed by atoms with Gasteiger partial charge in [0.25, 0.3) is 0 Å². The monoisotopic (exact) mass is 241 g/mol. The number of aryl methyl sites for hydroxylation is 1. The second-order valence-electron chi connectivity index (χ2n) is 4.00. The molecule has 0 heterocycles. The fraction of sp³-hybridized carbons (Fsp3) is 0.0714. The minimum absolute atomic E-state index is 0.322. The third-order valence-electron chi connectivity index (χ3n) is 2.63. The third-order valence-corrected chi connectivity index (χ3v) is 2.63. The molecule has 0 atom stereocenters. The zero-order valence-electron chi connectivity index (χ0n) is 9.87. The summed E-state index contributed by atoms with van der Waals surface area (Å²) in [5, 5.41) is 12.1. The van der Waals surface area contributed by atoms with Gasteiger partial charge in [0.1, 0.15) is 11.9 Å². The maximum atomic E-state index is 13.2. The van der Waals surface area contributed by atoms with Crippen LogP contribution in [-0.4, -0.2) is 0 Å². The highest BCUT2D eigenvalue weighted by molar-refractivity contribution is 5.70. The first kappa shape index (κ1) is 11.9. The molecule has 0 aliphatic heterocycles. The van der Waals surface area contributed by atoms with Gasteiger partial charge < -0.3 is 11.1 Å². The van der Waals surface area contributed by atoms with Crippen LogP contribution in [0.1, 0.15) is 11.1 Å². The maximum absolute atomic E-state index is 13.2. The quantitative estimate of drug-likeness (QED) is 0.793. The van der Waals surface area contributed by atoms with E-state index in [4.69, 9.17) is 11.0 Å². The summed E-state index contributed by atoms with van der Waals surface area (Å²) in [5.74, 6) is -0.322. The van der Waals surface area contributed by atoms with Crippen molar-refractivity contribution in [2.75, 3.05) is 11.1 Å². The predicted molar refractivity (Wildman–Crippen MR) is 70.0 cm³/mol. The molecule has 2 aromatic carbocycles. The molecule has 0 bridgehead atoms. The number of rotatable bonds is 2. The number of benzene rings is 2. The molecule has 0 aliphatic carbocycles. The van der Waals surface area contributed by atoms with Crippen LogP contribution in [0.25, 0.3) is 0 Å². The number of hydrogen-bond acceptors (Lipinski definition) is 3. The number of nitrogens with zero attached hydrogens (tertiary/aromatic N) is 1. The Balaban J connectivity index is 2.40. The summed E-state index contributed by atoms with van der Waals surface area (Å²) in [6.45, 7) is 1.87. The van der Waals surface area contributed by atoms with Gasteiger partial charge in [0.15, 0.2) is 0 Å². The Kier molecular flexibility index (Phi) is 3.16. The van der Waals surface area contributed by atoms with Gasteiger partial charge in [-0.1, -0.05) is 6.07 Å². The highest BCUT2D eigenvalue weighted by atomic mass is 19.1. The van der Waals surface area contributed by atoms with Gasteiger partial charge in [-0.15, -0.1) is 0 Å². The molecule has 0 unspecified atom stereocenters. The van der Waals surface area contributed by atoms with E-state index in [0.717, 1.165) is 5.56 Å². The number of nitrogen functional groups attached to an aromatic ring is 1. The van der Waals surface area contributed by atoms with E-state index in [1.54, 1.807) is 24.3 Å². The van der Waals surface area contributed by atoms with Crippen molar-refractivity contribution in [3.05, 3.63) is 53.3 Å². The van der Waals surface area contributed by atoms with Gasteiger partial charge in [-0.2, -0.15) is 5.26 Å². The summed E-state index contributed by atoms with van der Waals surface area (Å²) < 4.78 is 13.2. The molecule has 3 nitrogen and oxygen atoms in total. The number of hydrogen-bond donors (Lipinski definition) is 2. The third kappa shape index (κ3) is 2.41. The molecular formula is C14H12FN3. The molecule has 4 heteroatoms. The zero-order valence-corrected chi connectivity index (χ0v) is 9.87. The molecular weight excluding hydrogens is 229 g/mol. The Bertz CT molecular complexity index is 629. The van der Waals surface area contributed by atoms with Crippen molar-refractivity contribution in [2.45, 2.75) is 6.92 Å². The molecule has 0 spiro atoms. The molecule has 3 N–H and O–H groups in total. The normalized spacial score (nSPS) is 9.83. The maximum Gasteiger partial charge on any atom is 0.125 e. The van der Waals surface area contributed by atoms with E-state index in [0.29, 0.717) is 22.6 Å². The lowest BCUT2D eigenvalue weighted by Gasteiger charge is -2.11. The van der Waals surface area contributed by atoms with E-state index in [1.165, 1.54) is 12.1 Å². The molecule has 2 rings (SSSR count). The lowest BCUT2D eigenvalue weighted by Crippen LogP contribution is -1.97. The van der Waals surface area contributed by atoms with Crippen molar-refractivity contribution in [1.82, 2.24) is 0 Å². The van der Waals surface area contributed by atoms with E-state index in [2.05, 4.69) is 11.4 Å². The Morgan fingerprint density at radius 3 is 2.67 bits per heavy atom. The van der Waals surface area contributed by atoms with Crippen molar-refractivity contribution in [3.63, 3.8) is 0 Å². The van der Waals surface area contributed by atoms with Crippen molar-refractivity contribution < 1.29 is 4.39 Å². The number of nitrogens with two attached hydrogens (primary N) is 1. The molecule has 0 radical (unpaired) electrons. The van der Waals surface area contributed by atoms with Crippen molar-refractivity contribution >= 4 is 17.1 Å². The molecule has 0 aliphatic rings. The molecule has 2 aromatic rings. The molecule has 0 amide bonds. The van der Waals surface area contributed by atoms with Gasteiger partial charge in [0.05, 0.1) is 11.3 Å². The fourth-order valence-electron chi connectivity index (χ4n) is 1.64. The summed E-state index contributed by atoms with van der Waals surface area (Å²) >= 11 is 0. The highest BCUT2D eigenvalue weighted by Gasteiger charge is 2.05. The summed E-state index contributed by atoms with van der Waals surface area (Å²) in [6.07, 6.45) is 0. The number of halogens is 1. The predicted octanol–water partition coefficient (Wildman–Crippen LogP) is 3.33. The molecule has 0 saturated carbocycles. The largest absolute Gasteiger partial charge is 0.399 e. The van der Waals surface area contributed by atoms with Gasteiger partial charge in [-0.3, -0.25) is 0 Å². The van der Waals surface area contributed by atoms with Crippen LogP contribution in [-0.2, 0) is 0 Å². The first-order valence-electron chi connectivity index (χ1n) is 5.43. The van der Waals surface area contributed by atoms with Crippen LogP contribution in [0.4, 0.5) is 21.5 Å². The van der Waals surface area contributed by atoms with Crippen LogP contribution in [0.15, 0.2) is 36.4 Å². The summed E-state index contributed by atoms with van der Waals surface area (Å²) in [7, 11) is 0. The smallest absolute Gasteiger partial charge is 0.125 e. The van der Waals surface area contributed by atoms with Crippen LogP contribution in [0.2, 0.25) is 0 Å². The highest BCUT2D eigenvalue weighted by Crippen LogP contribution is 2.25. The van der Waals surface area contributed by atoms with Crippen LogP contribution >= 0.6 is 0 Å². The van der Waals surface area contributed by atoms with Crippen LogP contribution in [0.5, 0.6) is 0 Å². The first-order valence-corrected chi connectivity index (χ1v) is 5.43. The van der Waals surface area contributed by atoms with Gasteiger partial charge in [-0.25, -0.2) is 4.39 Å². The molecule has 90 valence electrons. The van der Waals surface area contributed by atoms with Crippen molar-refractivity contribution in [2.24, 2.45) is 0 Å².